The van der Waals surface area contributed by atoms with Gasteiger partial charge < -0.3 is 20.1 Å². The molecule has 3 N–H and O–H groups in total. The zero-order valence-corrected chi connectivity index (χ0v) is 12.2. The van der Waals surface area contributed by atoms with E-state index < -0.39 is 22.4 Å². The molecule has 0 atom stereocenters. The summed E-state index contributed by atoms with van der Waals surface area (Å²) in [6.45, 7) is 0. The largest absolute Gasteiger partial charge is 0.507 e. The van der Waals surface area contributed by atoms with Gasteiger partial charge in [-0.05, 0) is 12.1 Å². The number of phenolic OH excluding ortho intramolecular Hbond substituents is 3. The summed E-state index contributed by atoms with van der Waals surface area (Å²) in [4.78, 5) is 21.5. The second kappa shape index (κ2) is 6.60. The van der Waals surface area contributed by atoms with Gasteiger partial charge in [0.25, 0.3) is 5.69 Å². The van der Waals surface area contributed by atoms with Gasteiger partial charge in [0.1, 0.15) is 34.2 Å². The van der Waals surface area contributed by atoms with Crippen molar-refractivity contribution in [2.24, 2.45) is 10.2 Å². The Hall–Kier alpha value is -3.69. The zero-order valence-electron chi connectivity index (χ0n) is 12.2. The number of esters is 1. The number of rotatable bonds is 4. The third kappa shape index (κ3) is 3.38. The van der Waals surface area contributed by atoms with Crippen LogP contribution < -0.4 is 0 Å². The summed E-state index contributed by atoms with van der Waals surface area (Å²) in [6, 6.07) is 5.03. The predicted octanol–water partition coefficient (Wildman–Crippen LogP) is 2.91. The standard InChI is InChI=1S/C14H11N3O7/c1-24-14(21)8-5-10(13(20)6-12(8)19)16-15-9-4-7(17(22)23)2-3-11(9)18/h2-6,18-20H,1H3. The molecule has 0 radical (unpaired) electrons. The SMILES string of the molecule is COC(=O)c1cc(N=Nc2cc([N+](=O)[O-])ccc2O)c(O)cc1O. The highest BCUT2D eigenvalue weighted by atomic mass is 16.6. The van der Waals surface area contributed by atoms with E-state index in [1.54, 1.807) is 0 Å². The number of non-ortho nitro benzene ring substituents is 1. The first-order chi connectivity index (χ1) is 11.3. The lowest BCUT2D eigenvalue weighted by Gasteiger charge is -2.05. The lowest BCUT2D eigenvalue weighted by molar-refractivity contribution is -0.384. The molecule has 0 spiro atoms. The summed E-state index contributed by atoms with van der Waals surface area (Å²) < 4.78 is 4.47. The first-order valence-electron chi connectivity index (χ1n) is 6.37. The van der Waals surface area contributed by atoms with Crippen LogP contribution in [0.1, 0.15) is 10.4 Å². The second-order valence-corrected chi connectivity index (χ2v) is 4.48. The maximum Gasteiger partial charge on any atom is 0.341 e. The number of hydrogen-bond donors (Lipinski definition) is 3. The van der Waals surface area contributed by atoms with Crippen LogP contribution in [-0.4, -0.2) is 33.3 Å². The Morgan fingerprint density at radius 2 is 1.67 bits per heavy atom. The van der Waals surface area contributed by atoms with Crippen LogP contribution in [0.15, 0.2) is 40.6 Å². The molecule has 0 saturated heterocycles. The summed E-state index contributed by atoms with van der Waals surface area (Å²) in [7, 11) is 1.11. The summed E-state index contributed by atoms with van der Waals surface area (Å²) in [6.07, 6.45) is 0. The number of benzene rings is 2. The minimum Gasteiger partial charge on any atom is -0.507 e. The van der Waals surface area contributed by atoms with Crippen LogP contribution in [0.4, 0.5) is 17.1 Å². The van der Waals surface area contributed by atoms with E-state index in [2.05, 4.69) is 15.0 Å². The maximum absolute atomic E-state index is 11.5. The molecule has 0 bridgehead atoms. The fraction of sp³-hybridized carbons (Fsp3) is 0.0714. The Balaban J connectivity index is 2.44. The van der Waals surface area contributed by atoms with E-state index in [0.717, 1.165) is 37.4 Å². The highest BCUT2D eigenvalue weighted by Gasteiger charge is 2.16. The molecule has 0 heterocycles. The number of nitro benzene ring substituents is 1. The monoisotopic (exact) mass is 333 g/mol. The molecule has 0 aliphatic rings. The molecule has 24 heavy (non-hydrogen) atoms. The van der Waals surface area contributed by atoms with Crippen molar-refractivity contribution in [1.29, 1.82) is 0 Å². The van der Waals surface area contributed by atoms with E-state index in [0.29, 0.717) is 0 Å². The number of carbonyl (C=O) groups excluding carboxylic acids is 1. The molecule has 0 aliphatic heterocycles. The van der Waals surface area contributed by atoms with Crippen LogP contribution >= 0.6 is 0 Å². The topological polar surface area (TPSA) is 155 Å². The van der Waals surface area contributed by atoms with Crippen molar-refractivity contribution in [1.82, 2.24) is 0 Å². The summed E-state index contributed by atoms with van der Waals surface area (Å²) >= 11 is 0. The van der Waals surface area contributed by atoms with E-state index in [-0.39, 0.29) is 28.4 Å². The van der Waals surface area contributed by atoms with Gasteiger partial charge >= 0.3 is 5.97 Å². The number of ether oxygens (including phenoxy) is 1. The first kappa shape index (κ1) is 16.7. The fourth-order valence-corrected chi connectivity index (χ4v) is 1.73. The molecule has 0 amide bonds. The minimum absolute atomic E-state index is 0.209. The van der Waals surface area contributed by atoms with Gasteiger partial charge in [-0.3, -0.25) is 10.1 Å². The number of azo groups is 1. The molecule has 0 saturated carbocycles. The second-order valence-electron chi connectivity index (χ2n) is 4.48. The van der Waals surface area contributed by atoms with Gasteiger partial charge in [-0.2, -0.15) is 0 Å². The minimum atomic E-state index is -0.859. The van der Waals surface area contributed by atoms with Crippen LogP contribution in [0.25, 0.3) is 0 Å². The molecule has 2 aromatic rings. The van der Waals surface area contributed by atoms with Gasteiger partial charge in [-0.15, -0.1) is 10.2 Å². The Kier molecular flexibility index (Phi) is 4.59. The Morgan fingerprint density at radius 1 is 1.04 bits per heavy atom. The van der Waals surface area contributed by atoms with E-state index in [9.17, 15) is 30.2 Å². The number of aromatic hydroxyl groups is 3. The summed E-state index contributed by atoms with van der Waals surface area (Å²) in [5.41, 5.74) is -0.991. The molecular weight excluding hydrogens is 322 g/mol. The molecule has 10 nitrogen and oxygen atoms in total. The van der Waals surface area contributed by atoms with Crippen LogP contribution in [-0.2, 0) is 4.74 Å². The zero-order chi connectivity index (χ0) is 17.9. The van der Waals surface area contributed by atoms with Gasteiger partial charge in [0, 0.05) is 18.2 Å². The quantitative estimate of drug-likeness (QED) is 0.336. The highest BCUT2D eigenvalue weighted by molar-refractivity contribution is 5.94. The van der Waals surface area contributed by atoms with Crippen molar-refractivity contribution in [3.8, 4) is 17.2 Å². The lowest BCUT2D eigenvalue weighted by Crippen LogP contribution is -2.01. The summed E-state index contributed by atoms with van der Waals surface area (Å²) in [5.74, 6) is -2.23. The van der Waals surface area contributed by atoms with Gasteiger partial charge in [0.15, 0.2) is 0 Å². The predicted molar refractivity (Wildman–Crippen MR) is 80.0 cm³/mol. The van der Waals surface area contributed by atoms with Crippen molar-refractivity contribution in [3.05, 3.63) is 46.0 Å². The van der Waals surface area contributed by atoms with E-state index in [1.165, 1.54) is 0 Å². The van der Waals surface area contributed by atoms with Crippen LogP contribution in [0, 0.1) is 10.1 Å². The Bertz CT molecular complexity index is 849. The molecule has 2 rings (SSSR count). The number of carbonyl (C=O) groups is 1. The number of phenols is 3. The van der Waals surface area contributed by atoms with Gasteiger partial charge in [-0.1, -0.05) is 0 Å². The third-order valence-corrected chi connectivity index (χ3v) is 2.93. The molecule has 0 unspecified atom stereocenters. The third-order valence-electron chi connectivity index (χ3n) is 2.93. The fourth-order valence-electron chi connectivity index (χ4n) is 1.73. The summed E-state index contributed by atoms with van der Waals surface area (Å²) in [5, 5.41) is 46.9. The van der Waals surface area contributed by atoms with Crippen molar-refractivity contribution in [2.75, 3.05) is 7.11 Å². The van der Waals surface area contributed by atoms with Crippen molar-refractivity contribution in [2.45, 2.75) is 0 Å². The Labute approximate surface area is 134 Å². The molecule has 0 aromatic heterocycles. The normalized spacial score (nSPS) is 10.7. The van der Waals surface area contributed by atoms with E-state index >= 15 is 0 Å². The highest BCUT2D eigenvalue weighted by Crippen LogP contribution is 2.37. The van der Waals surface area contributed by atoms with Crippen molar-refractivity contribution in [3.63, 3.8) is 0 Å². The average Bonchev–Trinajstić information content (AvgIpc) is 2.54. The average molecular weight is 333 g/mol. The number of nitro groups is 1. The molecule has 2 aromatic carbocycles. The van der Waals surface area contributed by atoms with Gasteiger partial charge in [0.2, 0.25) is 0 Å². The smallest absolute Gasteiger partial charge is 0.341 e. The molecule has 0 fully saturated rings. The molecule has 10 heteroatoms. The van der Waals surface area contributed by atoms with Gasteiger partial charge in [0.05, 0.1) is 12.0 Å². The van der Waals surface area contributed by atoms with Crippen molar-refractivity contribution < 1.29 is 29.8 Å². The lowest BCUT2D eigenvalue weighted by atomic mass is 10.1. The van der Waals surface area contributed by atoms with Crippen LogP contribution in [0.5, 0.6) is 17.2 Å². The van der Waals surface area contributed by atoms with E-state index in [1.807, 2.05) is 0 Å². The van der Waals surface area contributed by atoms with E-state index in [4.69, 9.17) is 0 Å². The number of nitrogens with zero attached hydrogens (tertiary/aromatic N) is 3. The van der Waals surface area contributed by atoms with Gasteiger partial charge in [-0.25, -0.2) is 4.79 Å². The first-order valence-corrected chi connectivity index (χ1v) is 6.37. The number of hydrogen-bond acceptors (Lipinski definition) is 9. The Morgan fingerprint density at radius 3 is 2.25 bits per heavy atom. The van der Waals surface area contributed by atoms with Crippen LogP contribution in [0.3, 0.4) is 0 Å². The molecular formula is C14H11N3O7. The van der Waals surface area contributed by atoms with Crippen molar-refractivity contribution >= 4 is 23.0 Å². The molecule has 124 valence electrons. The maximum atomic E-state index is 11.5. The number of methoxy groups -OCH3 is 1. The van der Waals surface area contributed by atoms with Crippen LogP contribution in [0.2, 0.25) is 0 Å². The molecule has 0 aliphatic carbocycles.